The highest BCUT2D eigenvalue weighted by Crippen LogP contribution is 2.29. The van der Waals surface area contributed by atoms with Gasteiger partial charge in [0.1, 0.15) is 0 Å². The maximum atomic E-state index is 11.7. The summed E-state index contributed by atoms with van der Waals surface area (Å²) < 4.78 is 0. The number of rotatable bonds is 19. The zero-order valence-corrected chi connectivity index (χ0v) is 17.8. The zero-order chi connectivity index (χ0) is 18.7. The van der Waals surface area contributed by atoms with Crippen molar-refractivity contribution in [1.29, 1.82) is 0 Å². The fourth-order valence-corrected chi connectivity index (χ4v) is 3.93. The average molecular weight is 366 g/mol. The highest BCUT2D eigenvalue weighted by molar-refractivity contribution is 5.76. The molecule has 0 spiro atoms. The summed E-state index contributed by atoms with van der Waals surface area (Å²) in [5, 5.41) is 3.09. The van der Waals surface area contributed by atoms with Crippen molar-refractivity contribution in [2.24, 2.45) is 5.92 Å². The lowest BCUT2D eigenvalue weighted by molar-refractivity contribution is -0.122. The summed E-state index contributed by atoms with van der Waals surface area (Å²) in [6.07, 6.45) is 27.0. The molecule has 1 saturated carbocycles. The van der Waals surface area contributed by atoms with Crippen LogP contribution in [-0.4, -0.2) is 12.5 Å². The van der Waals surface area contributed by atoms with E-state index in [0.717, 1.165) is 19.4 Å². The van der Waals surface area contributed by atoms with E-state index in [0.29, 0.717) is 5.92 Å². The van der Waals surface area contributed by atoms with Gasteiger partial charge in [-0.2, -0.15) is 0 Å². The molecule has 2 nitrogen and oxygen atoms in total. The van der Waals surface area contributed by atoms with Crippen LogP contribution in [0.4, 0.5) is 0 Å². The molecule has 154 valence electrons. The summed E-state index contributed by atoms with van der Waals surface area (Å²) in [6.45, 7) is 3.18. The van der Waals surface area contributed by atoms with Crippen LogP contribution in [0.3, 0.4) is 0 Å². The normalized spacial score (nSPS) is 14.3. The van der Waals surface area contributed by atoms with Gasteiger partial charge in [0.25, 0.3) is 0 Å². The van der Waals surface area contributed by atoms with Crippen molar-refractivity contribution in [2.75, 3.05) is 6.54 Å². The number of carbonyl (C=O) groups excluding carboxylic acids is 1. The lowest BCUT2D eigenvalue weighted by Crippen LogP contribution is -2.28. The van der Waals surface area contributed by atoms with Gasteiger partial charge in [0.15, 0.2) is 0 Å². The number of nitrogens with one attached hydrogen (secondary N) is 1. The third kappa shape index (κ3) is 14.6. The molecule has 1 rings (SSSR count). The van der Waals surface area contributed by atoms with E-state index in [9.17, 15) is 4.79 Å². The van der Waals surface area contributed by atoms with Crippen LogP contribution in [0.15, 0.2) is 0 Å². The van der Waals surface area contributed by atoms with Crippen molar-refractivity contribution in [3.05, 3.63) is 0 Å². The Morgan fingerprint density at radius 1 is 0.692 bits per heavy atom. The number of carbonyl (C=O) groups is 1. The van der Waals surface area contributed by atoms with Gasteiger partial charge in [0.05, 0.1) is 0 Å². The van der Waals surface area contributed by atoms with Crippen LogP contribution in [-0.2, 0) is 4.79 Å². The van der Waals surface area contributed by atoms with Gasteiger partial charge in [-0.25, -0.2) is 0 Å². The molecule has 0 heterocycles. The molecular weight excluding hydrogens is 318 g/mol. The molecule has 0 aliphatic heterocycles. The molecular formula is C24H47NO. The lowest BCUT2D eigenvalue weighted by Gasteiger charge is -2.24. The minimum Gasteiger partial charge on any atom is -0.356 e. The molecule has 1 fully saturated rings. The third-order valence-corrected chi connectivity index (χ3v) is 6.05. The van der Waals surface area contributed by atoms with E-state index in [2.05, 4.69) is 12.2 Å². The fraction of sp³-hybridized carbons (Fsp3) is 0.958. The van der Waals surface area contributed by atoms with Crippen LogP contribution in [0.25, 0.3) is 0 Å². The minimum atomic E-state index is 0.288. The molecule has 0 aromatic carbocycles. The minimum absolute atomic E-state index is 0.288. The Kier molecular flexibility index (Phi) is 16.2. The maximum absolute atomic E-state index is 11.7. The van der Waals surface area contributed by atoms with Gasteiger partial charge >= 0.3 is 0 Å². The van der Waals surface area contributed by atoms with Gasteiger partial charge in [-0.1, -0.05) is 110 Å². The van der Waals surface area contributed by atoms with Gasteiger partial charge in [-0.15, -0.1) is 0 Å². The van der Waals surface area contributed by atoms with Crippen LogP contribution in [0.2, 0.25) is 0 Å². The molecule has 0 aromatic heterocycles. The Hall–Kier alpha value is -0.530. The topological polar surface area (TPSA) is 29.1 Å². The molecule has 2 heteroatoms. The molecule has 26 heavy (non-hydrogen) atoms. The van der Waals surface area contributed by atoms with Gasteiger partial charge in [-0.05, 0) is 25.2 Å². The number of amides is 1. The summed E-state index contributed by atoms with van der Waals surface area (Å²) >= 11 is 0. The molecule has 0 saturated heterocycles. The van der Waals surface area contributed by atoms with Crippen molar-refractivity contribution in [3.8, 4) is 0 Å². The Bertz CT molecular complexity index is 311. The van der Waals surface area contributed by atoms with E-state index in [-0.39, 0.29) is 5.91 Å². The van der Waals surface area contributed by atoms with Crippen molar-refractivity contribution >= 4 is 5.91 Å². The largest absolute Gasteiger partial charge is 0.356 e. The SMILES string of the molecule is CCCCCCCCCCCCCCCCCCNC(=O)CC1CCC1. The van der Waals surface area contributed by atoms with Crippen molar-refractivity contribution < 1.29 is 4.79 Å². The molecule has 0 atom stereocenters. The van der Waals surface area contributed by atoms with Gasteiger partial charge in [0, 0.05) is 13.0 Å². The molecule has 0 aromatic rings. The quantitative estimate of drug-likeness (QED) is 0.235. The smallest absolute Gasteiger partial charge is 0.220 e. The highest BCUT2D eigenvalue weighted by atomic mass is 16.1. The first-order chi connectivity index (χ1) is 12.8. The first kappa shape index (κ1) is 23.5. The maximum Gasteiger partial charge on any atom is 0.220 e. The van der Waals surface area contributed by atoms with E-state index < -0.39 is 0 Å². The predicted octanol–water partition coefficient (Wildman–Crippen LogP) is 7.55. The van der Waals surface area contributed by atoms with Crippen molar-refractivity contribution in [3.63, 3.8) is 0 Å². The Labute approximate surface area is 164 Å². The molecule has 1 aliphatic carbocycles. The van der Waals surface area contributed by atoms with Crippen LogP contribution in [0.1, 0.15) is 135 Å². The molecule has 1 N–H and O–H groups in total. The van der Waals surface area contributed by atoms with Crippen LogP contribution < -0.4 is 5.32 Å². The summed E-state index contributed by atoms with van der Waals surface area (Å²) in [5.41, 5.74) is 0. The molecule has 0 unspecified atom stereocenters. The summed E-state index contributed by atoms with van der Waals surface area (Å²) in [5.74, 6) is 0.983. The van der Waals surface area contributed by atoms with E-state index in [1.165, 1.54) is 116 Å². The van der Waals surface area contributed by atoms with E-state index in [4.69, 9.17) is 0 Å². The van der Waals surface area contributed by atoms with Gasteiger partial charge in [0.2, 0.25) is 5.91 Å². The van der Waals surface area contributed by atoms with Crippen LogP contribution >= 0.6 is 0 Å². The Morgan fingerprint density at radius 3 is 1.50 bits per heavy atom. The fourth-order valence-electron chi connectivity index (χ4n) is 3.93. The third-order valence-electron chi connectivity index (χ3n) is 6.05. The summed E-state index contributed by atoms with van der Waals surface area (Å²) in [4.78, 5) is 11.7. The summed E-state index contributed by atoms with van der Waals surface area (Å²) in [7, 11) is 0. The molecule has 0 bridgehead atoms. The lowest BCUT2D eigenvalue weighted by atomic mass is 9.83. The number of unbranched alkanes of at least 4 members (excludes halogenated alkanes) is 15. The monoisotopic (exact) mass is 365 g/mol. The second-order valence-corrected chi connectivity index (χ2v) is 8.65. The first-order valence-electron chi connectivity index (χ1n) is 12.1. The summed E-state index contributed by atoms with van der Waals surface area (Å²) in [6, 6.07) is 0. The second kappa shape index (κ2) is 17.9. The molecule has 1 amide bonds. The van der Waals surface area contributed by atoms with Crippen LogP contribution in [0.5, 0.6) is 0 Å². The van der Waals surface area contributed by atoms with E-state index in [1.54, 1.807) is 0 Å². The highest BCUT2D eigenvalue weighted by Gasteiger charge is 2.20. The average Bonchev–Trinajstić information content (AvgIpc) is 2.61. The van der Waals surface area contributed by atoms with Gasteiger partial charge in [-0.3, -0.25) is 4.79 Å². The zero-order valence-electron chi connectivity index (χ0n) is 17.8. The molecule has 1 aliphatic rings. The molecule has 0 radical (unpaired) electrons. The van der Waals surface area contributed by atoms with E-state index in [1.807, 2.05) is 0 Å². The standard InChI is InChI=1S/C24H47NO/c1-2-3-4-5-6-7-8-9-10-11-12-13-14-15-16-17-21-25-24(26)22-23-19-18-20-23/h23H,2-22H2,1H3,(H,25,26). The predicted molar refractivity (Wildman–Crippen MR) is 115 cm³/mol. The number of hydrogen-bond donors (Lipinski definition) is 1. The Morgan fingerprint density at radius 2 is 1.12 bits per heavy atom. The Balaban J connectivity index is 1.66. The second-order valence-electron chi connectivity index (χ2n) is 8.65. The van der Waals surface area contributed by atoms with Crippen molar-refractivity contribution in [1.82, 2.24) is 5.32 Å². The van der Waals surface area contributed by atoms with Crippen molar-refractivity contribution in [2.45, 2.75) is 135 Å². The van der Waals surface area contributed by atoms with Crippen LogP contribution in [0, 0.1) is 5.92 Å². The first-order valence-corrected chi connectivity index (χ1v) is 12.1. The number of hydrogen-bond acceptors (Lipinski definition) is 1. The van der Waals surface area contributed by atoms with E-state index >= 15 is 0 Å². The van der Waals surface area contributed by atoms with Gasteiger partial charge < -0.3 is 5.32 Å².